The molecule has 2 aromatic rings. The van der Waals surface area contributed by atoms with Crippen LogP contribution in [0.2, 0.25) is 0 Å². The van der Waals surface area contributed by atoms with E-state index in [-0.39, 0.29) is 11.6 Å². The molecule has 2 N–H and O–H groups in total. The van der Waals surface area contributed by atoms with Crippen LogP contribution >= 0.6 is 0 Å². The van der Waals surface area contributed by atoms with Gasteiger partial charge in [-0.25, -0.2) is 9.78 Å². The Hall–Kier alpha value is -2.46. The number of imidazole rings is 1. The second-order valence-electron chi connectivity index (χ2n) is 2.78. The van der Waals surface area contributed by atoms with Crippen molar-refractivity contribution >= 4 is 23.5 Å². The molecular weight excluding hydrogens is 196 g/mol. The highest BCUT2D eigenvalue weighted by molar-refractivity contribution is 5.98. The number of primary amides is 1. The molecule has 0 bridgehead atoms. The first-order valence-electron chi connectivity index (χ1n) is 4.09. The molecule has 2 heterocycles. The van der Waals surface area contributed by atoms with Gasteiger partial charge in [-0.15, -0.1) is 4.99 Å². The smallest absolute Gasteiger partial charge is 0.269 e. The Labute approximate surface area is 84.1 Å². The quantitative estimate of drug-likeness (QED) is 0.564. The summed E-state index contributed by atoms with van der Waals surface area (Å²) < 4.78 is 1.49. The van der Waals surface area contributed by atoms with Crippen molar-refractivity contribution in [1.29, 1.82) is 0 Å². The van der Waals surface area contributed by atoms with Crippen LogP contribution in [-0.2, 0) is 4.79 Å². The SMILES string of the molecule is NC(=O)c1nc(N=C=O)n2ccccc12. The fraction of sp³-hybridized carbons (Fsp3) is 0. The maximum atomic E-state index is 11.0. The van der Waals surface area contributed by atoms with Crippen LogP contribution in [0.5, 0.6) is 0 Å². The number of pyridine rings is 1. The van der Waals surface area contributed by atoms with Gasteiger partial charge in [0.25, 0.3) is 5.91 Å². The molecule has 6 nitrogen and oxygen atoms in total. The van der Waals surface area contributed by atoms with Crippen molar-refractivity contribution in [2.45, 2.75) is 0 Å². The third-order valence-corrected chi connectivity index (χ3v) is 1.91. The molecule has 6 heteroatoms. The summed E-state index contributed by atoms with van der Waals surface area (Å²) in [5.41, 5.74) is 5.73. The molecule has 0 fully saturated rings. The predicted octanol–water partition coefficient (Wildman–Crippen LogP) is 0.400. The number of carbonyl (C=O) groups is 1. The first kappa shape index (κ1) is 9.11. The van der Waals surface area contributed by atoms with Gasteiger partial charge >= 0.3 is 0 Å². The molecule has 0 saturated heterocycles. The van der Waals surface area contributed by atoms with Gasteiger partial charge in [-0.05, 0) is 12.1 Å². The number of aromatic nitrogens is 2. The largest absolute Gasteiger partial charge is 0.364 e. The summed E-state index contributed by atoms with van der Waals surface area (Å²) >= 11 is 0. The van der Waals surface area contributed by atoms with Crippen LogP contribution in [0.4, 0.5) is 5.95 Å². The number of carbonyl (C=O) groups excluding carboxylic acids is 2. The molecule has 15 heavy (non-hydrogen) atoms. The summed E-state index contributed by atoms with van der Waals surface area (Å²) in [5.74, 6) is -0.569. The lowest BCUT2D eigenvalue weighted by Crippen LogP contribution is -2.11. The Morgan fingerprint density at radius 3 is 3.00 bits per heavy atom. The number of hydrogen-bond donors (Lipinski definition) is 1. The molecule has 2 rings (SSSR count). The molecule has 1 amide bonds. The molecule has 0 spiro atoms. The van der Waals surface area contributed by atoms with Crippen LogP contribution in [0.25, 0.3) is 5.52 Å². The van der Waals surface area contributed by atoms with E-state index in [0.717, 1.165) is 0 Å². The van der Waals surface area contributed by atoms with E-state index in [9.17, 15) is 9.59 Å². The molecule has 0 aliphatic rings. The summed E-state index contributed by atoms with van der Waals surface area (Å²) in [5, 5.41) is 0. The van der Waals surface area contributed by atoms with E-state index in [2.05, 4.69) is 9.98 Å². The van der Waals surface area contributed by atoms with Crippen molar-refractivity contribution in [3.8, 4) is 0 Å². The summed E-state index contributed by atoms with van der Waals surface area (Å²) in [6, 6.07) is 5.12. The molecule has 0 aliphatic heterocycles. The second-order valence-corrected chi connectivity index (χ2v) is 2.78. The Balaban J connectivity index is 2.84. The number of nitrogens with two attached hydrogens (primary N) is 1. The molecule has 0 atom stereocenters. The summed E-state index contributed by atoms with van der Waals surface area (Å²) in [4.78, 5) is 28.4. The van der Waals surface area contributed by atoms with Gasteiger partial charge < -0.3 is 5.73 Å². The van der Waals surface area contributed by atoms with Gasteiger partial charge in [-0.3, -0.25) is 9.20 Å². The van der Waals surface area contributed by atoms with E-state index >= 15 is 0 Å². The third-order valence-electron chi connectivity index (χ3n) is 1.91. The number of hydrogen-bond acceptors (Lipinski definition) is 4. The maximum absolute atomic E-state index is 11.0. The molecule has 2 aromatic heterocycles. The van der Waals surface area contributed by atoms with E-state index in [1.54, 1.807) is 24.4 Å². The lowest BCUT2D eigenvalue weighted by atomic mass is 10.3. The minimum atomic E-state index is -0.661. The van der Waals surface area contributed by atoms with Crippen LogP contribution in [0, 0.1) is 0 Å². The van der Waals surface area contributed by atoms with E-state index < -0.39 is 5.91 Å². The van der Waals surface area contributed by atoms with Crippen LogP contribution in [-0.4, -0.2) is 21.4 Å². The molecule has 0 aromatic carbocycles. The standard InChI is InChI=1S/C9H6N4O2/c10-8(15)7-6-3-1-2-4-13(6)9(12-7)11-5-14/h1-4H,(H2,10,15). The minimum Gasteiger partial charge on any atom is -0.364 e. The molecule has 0 unspecified atom stereocenters. The number of amides is 1. The van der Waals surface area contributed by atoms with Crippen molar-refractivity contribution in [2.24, 2.45) is 10.7 Å². The zero-order valence-corrected chi connectivity index (χ0v) is 7.54. The number of aliphatic imine (C=N–C) groups is 1. The highest BCUT2D eigenvalue weighted by Gasteiger charge is 2.13. The van der Waals surface area contributed by atoms with Gasteiger partial charge in [0.2, 0.25) is 12.0 Å². The number of rotatable bonds is 2. The van der Waals surface area contributed by atoms with Crippen molar-refractivity contribution in [3.05, 3.63) is 30.1 Å². The minimum absolute atomic E-state index is 0.0876. The van der Waals surface area contributed by atoms with Gasteiger partial charge in [-0.1, -0.05) is 6.07 Å². The first-order valence-corrected chi connectivity index (χ1v) is 4.09. The van der Waals surface area contributed by atoms with Gasteiger partial charge in [0.05, 0.1) is 5.52 Å². The Kier molecular flexibility index (Phi) is 2.04. The van der Waals surface area contributed by atoms with Crippen LogP contribution in [0.15, 0.2) is 29.4 Å². The van der Waals surface area contributed by atoms with Crippen LogP contribution in [0.3, 0.4) is 0 Å². The van der Waals surface area contributed by atoms with Gasteiger partial charge in [0, 0.05) is 6.20 Å². The van der Waals surface area contributed by atoms with Crippen molar-refractivity contribution in [2.75, 3.05) is 0 Å². The second kappa shape index (κ2) is 3.36. The molecular formula is C9H6N4O2. The fourth-order valence-corrected chi connectivity index (χ4v) is 1.32. The van der Waals surface area contributed by atoms with E-state index in [1.165, 1.54) is 10.5 Å². The van der Waals surface area contributed by atoms with Gasteiger partial charge in [0.1, 0.15) is 0 Å². The third kappa shape index (κ3) is 1.38. The summed E-state index contributed by atoms with van der Waals surface area (Å²) in [7, 11) is 0. The van der Waals surface area contributed by atoms with E-state index in [4.69, 9.17) is 5.73 Å². The predicted molar refractivity (Wildman–Crippen MR) is 51.5 cm³/mol. The molecule has 74 valence electrons. The maximum Gasteiger partial charge on any atom is 0.269 e. The Morgan fingerprint density at radius 2 is 2.33 bits per heavy atom. The average molecular weight is 202 g/mol. The first-order chi connectivity index (χ1) is 7.24. The zero-order chi connectivity index (χ0) is 10.8. The number of fused-ring (bicyclic) bond motifs is 1. The monoisotopic (exact) mass is 202 g/mol. The molecule has 0 saturated carbocycles. The fourth-order valence-electron chi connectivity index (χ4n) is 1.32. The van der Waals surface area contributed by atoms with Gasteiger partial charge in [-0.2, -0.15) is 0 Å². The lowest BCUT2D eigenvalue weighted by Gasteiger charge is -1.92. The molecule has 0 aliphatic carbocycles. The van der Waals surface area contributed by atoms with Crippen molar-refractivity contribution in [3.63, 3.8) is 0 Å². The Morgan fingerprint density at radius 1 is 1.53 bits per heavy atom. The van der Waals surface area contributed by atoms with E-state index in [1.807, 2.05) is 0 Å². The van der Waals surface area contributed by atoms with Crippen LogP contribution in [0.1, 0.15) is 10.5 Å². The average Bonchev–Trinajstić information content (AvgIpc) is 2.59. The van der Waals surface area contributed by atoms with Crippen LogP contribution < -0.4 is 5.73 Å². The Bertz CT molecular complexity index is 545. The topological polar surface area (TPSA) is 89.8 Å². The molecule has 0 radical (unpaired) electrons. The summed E-state index contributed by atoms with van der Waals surface area (Å²) in [6.45, 7) is 0. The zero-order valence-electron chi connectivity index (χ0n) is 7.54. The lowest BCUT2D eigenvalue weighted by molar-refractivity contribution is 0.0997. The number of isocyanates is 1. The van der Waals surface area contributed by atoms with Crippen molar-refractivity contribution < 1.29 is 9.59 Å². The van der Waals surface area contributed by atoms with Gasteiger partial charge in [0.15, 0.2) is 5.69 Å². The summed E-state index contributed by atoms with van der Waals surface area (Å²) in [6.07, 6.45) is 3.00. The normalized spacial score (nSPS) is 9.87. The van der Waals surface area contributed by atoms with E-state index in [0.29, 0.717) is 5.52 Å². The number of nitrogens with zero attached hydrogens (tertiary/aromatic N) is 3. The highest BCUT2D eigenvalue weighted by atomic mass is 16.1. The van der Waals surface area contributed by atoms with Crippen molar-refractivity contribution in [1.82, 2.24) is 9.38 Å². The highest BCUT2D eigenvalue weighted by Crippen LogP contribution is 2.17.